The molecule has 1 aliphatic heterocycles. The minimum absolute atomic E-state index is 0.389. The fraction of sp³-hybridized carbons (Fsp3) is 1.00. The van der Waals surface area contributed by atoms with Crippen molar-refractivity contribution in [2.45, 2.75) is 86.2 Å². The zero-order valence-electron chi connectivity index (χ0n) is 14.0. The van der Waals surface area contributed by atoms with Crippen LogP contribution in [0.5, 0.6) is 0 Å². The first-order valence-corrected chi connectivity index (χ1v) is 8.34. The molecule has 0 radical (unpaired) electrons. The zero-order valence-corrected chi connectivity index (χ0v) is 14.0. The van der Waals surface area contributed by atoms with Crippen LogP contribution in [0.2, 0.25) is 0 Å². The molecule has 3 unspecified atom stereocenters. The van der Waals surface area contributed by atoms with Crippen LogP contribution in [0.4, 0.5) is 0 Å². The average molecular weight is 266 g/mol. The number of ether oxygens (including phenoxy) is 1. The third kappa shape index (κ3) is 3.01. The lowest BCUT2D eigenvalue weighted by atomic mass is 9.62. The molecule has 3 atom stereocenters. The van der Waals surface area contributed by atoms with E-state index in [-0.39, 0.29) is 0 Å². The highest BCUT2D eigenvalue weighted by Crippen LogP contribution is 2.57. The summed E-state index contributed by atoms with van der Waals surface area (Å²) in [6.07, 6.45) is 8.51. The second-order valence-corrected chi connectivity index (χ2v) is 8.61. The standard InChI is InChI=1S/C18H34O/c1-7-18(8-9-18)14(2)12-15-13-17(6,10-11-19-15)16(3,4)5/h14-15H,7-13H2,1-6H3. The highest BCUT2D eigenvalue weighted by Gasteiger charge is 2.48. The smallest absolute Gasteiger partial charge is 0.0583 e. The molecule has 1 saturated carbocycles. The van der Waals surface area contributed by atoms with Gasteiger partial charge in [-0.2, -0.15) is 0 Å². The van der Waals surface area contributed by atoms with Crippen LogP contribution in [0.3, 0.4) is 0 Å². The monoisotopic (exact) mass is 266 g/mol. The maximum Gasteiger partial charge on any atom is 0.0583 e. The molecule has 1 aliphatic carbocycles. The SMILES string of the molecule is CCC1(C(C)CC2CC(C)(C(C)(C)C)CCO2)CC1. The first kappa shape index (κ1) is 15.4. The molecule has 112 valence electrons. The van der Waals surface area contributed by atoms with Crippen LogP contribution >= 0.6 is 0 Å². The van der Waals surface area contributed by atoms with E-state index in [9.17, 15) is 0 Å². The lowest BCUT2D eigenvalue weighted by molar-refractivity contribution is -0.0928. The van der Waals surface area contributed by atoms with Gasteiger partial charge >= 0.3 is 0 Å². The normalized spacial score (nSPS) is 36.0. The van der Waals surface area contributed by atoms with Crippen LogP contribution in [-0.2, 0) is 4.74 Å². The molecule has 19 heavy (non-hydrogen) atoms. The summed E-state index contributed by atoms with van der Waals surface area (Å²) in [5.41, 5.74) is 1.51. The molecule has 2 fully saturated rings. The summed E-state index contributed by atoms with van der Waals surface area (Å²) < 4.78 is 6.11. The van der Waals surface area contributed by atoms with Crippen molar-refractivity contribution < 1.29 is 4.74 Å². The lowest BCUT2D eigenvalue weighted by Crippen LogP contribution is -2.42. The van der Waals surface area contributed by atoms with Gasteiger partial charge in [0.05, 0.1) is 6.10 Å². The van der Waals surface area contributed by atoms with Gasteiger partial charge < -0.3 is 4.74 Å². The maximum atomic E-state index is 6.11. The first-order chi connectivity index (χ1) is 8.72. The van der Waals surface area contributed by atoms with Crippen molar-refractivity contribution >= 4 is 0 Å². The van der Waals surface area contributed by atoms with Gasteiger partial charge in [0.2, 0.25) is 0 Å². The van der Waals surface area contributed by atoms with E-state index in [1.807, 2.05) is 0 Å². The van der Waals surface area contributed by atoms with Gasteiger partial charge in [0.25, 0.3) is 0 Å². The highest BCUT2D eigenvalue weighted by atomic mass is 16.5. The summed E-state index contributed by atoms with van der Waals surface area (Å²) in [5, 5.41) is 0. The van der Waals surface area contributed by atoms with Crippen LogP contribution in [0.15, 0.2) is 0 Å². The summed E-state index contributed by atoms with van der Waals surface area (Å²) in [6.45, 7) is 15.4. The van der Waals surface area contributed by atoms with Crippen molar-refractivity contribution in [1.29, 1.82) is 0 Å². The van der Waals surface area contributed by atoms with Gasteiger partial charge in [-0.15, -0.1) is 0 Å². The van der Waals surface area contributed by atoms with Crippen molar-refractivity contribution in [2.75, 3.05) is 6.61 Å². The van der Waals surface area contributed by atoms with E-state index in [0.29, 0.717) is 22.3 Å². The topological polar surface area (TPSA) is 9.23 Å². The molecule has 2 rings (SSSR count). The van der Waals surface area contributed by atoms with Gasteiger partial charge in [0.15, 0.2) is 0 Å². The molecule has 0 spiro atoms. The Bertz CT molecular complexity index is 310. The minimum atomic E-state index is 0.389. The van der Waals surface area contributed by atoms with Gasteiger partial charge in [-0.3, -0.25) is 0 Å². The summed E-state index contributed by atoms with van der Waals surface area (Å²) in [6, 6.07) is 0. The molecule has 1 heteroatoms. The van der Waals surface area contributed by atoms with E-state index in [2.05, 4.69) is 41.5 Å². The molecule has 0 N–H and O–H groups in total. The van der Waals surface area contributed by atoms with Crippen LogP contribution < -0.4 is 0 Å². The van der Waals surface area contributed by atoms with Gasteiger partial charge in [0.1, 0.15) is 0 Å². The molecule has 1 nitrogen and oxygen atoms in total. The molecule has 1 heterocycles. The fourth-order valence-electron chi connectivity index (χ4n) is 3.95. The van der Waals surface area contributed by atoms with Gasteiger partial charge in [-0.1, -0.05) is 48.0 Å². The van der Waals surface area contributed by atoms with Gasteiger partial charge in [0, 0.05) is 6.61 Å². The molecule has 0 aromatic carbocycles. The molecular weight excluding hydrogens is 232 g/mol. The van der Waals surface area contributed by atoms with Gasteiger partial charge in [-0.25, -0.2) is 0 Å². The van der Waals surface area contributed by atoms with E-state index in [4.69, 9.17) is 4.74 Å². The Kier molecular flexibility index (Phi) is 4.09. The van der Waals surface area contributed by atoms with Crippen molar-refractivity contribution in [3.05, 3.63) is 0 Å². The Balaban J connectivity index is 1.95. The van der Waals surface area contributed by atoms with Crippen molar-refractivity contribution in [1.82, 2.24) is 0 Å². The lowest BCUT2D eigenvalue weighted by Gasteiger charge is -2.48. The Morgan fingerprint density at radius 1 is 1.21 bits per heavy atom. The van der Waals surface area contributed by atoms with E-state index in [1.165, 1.54) is 38.5 Å². The predicted octanol–water partition coefficient (Wildman–Crippen LogP) is 5.43. The third-order valence-corrected chi connectivity index (χ3v) is 6.75. The Morgan fingerprint density at radius 3 is 2.32 bits per heavy atom. The number of rotatable bonds is 4. The zero-order chi connectivity index (χ0) is 14.3. The quantitative estimate of drug-likeness (QED) is 0.659. The maximum absolute atomic E-state index is 6.11. The highest BCUT2D eigenvalue weighted by molar-refractivity contribution is 4.98. The summed E-state index contributed by atoms with van der Waals surface area (Å²) in [7, 11) is 0. The summed E-state index contributed by atoms with van der Waals surface area (Å²) in [4.78, 5) is 0. The van der Waals surface area contributed by atoms with E-state index < -0.39 is 0 Å². The summed E-state index contributed by atoms with van der Waals surface area (Å²) >= 11 is 0. The third-order valence-electron chi connectivity index (χ3n) is 6.75. The molecule has 0 aromatic heterocycles. The Hall–Kier alpha value is -0.0400. The van der Waals surface area contributed by atoms with Crippen LogP contribution in [0, 0.1) is 22.2 Å². The fourth-order valence-corrected chi connectivity index (χ4v) is 3.95. The minimum Gasteiger partial charge on any atom is -0.378 e. The average Bonchev–Trinajstić information content (AvgIpc) is 3.08. The second-order valence-electron chi connectivity index (χ2n) is 8.61. The first-order valence-electron chi connectivity index (χ1n) is 8.34. The summed E-state index contributed by atoms with van der Waals surface area (Å²) in [5.74, 6) is 0.838. The largest absolute Gasteiger partial charge is 0.378 e. The van der Waals surface area contributed by atoms with E-state index >= 15 is 0 Å². The van der Waals surface area contributed by atoms with Crippen molar-refractivity contribution in [2.24, 2.45) is 22.2 Å². The molecule has 0 amide bonds. The van der Waals surface area contributed by atoms with E-state index in [0.717, 1.165) is 12.5 Å². The van der Waals surface area contributed by atoms with Crippen LogP contribution in [-0.4, -0.2) is 12.7 Å². The number of hydrogen-bond donors (Lipinski definition) is 0. The Labute approximate surface area is 120 Å². The van der Waals surface area contributed by atoms with Crippen LogP contribution in [0.1, 0.15) is 80.1 Å². The molecule has 0 aromatic rings. The Morgan fingerprint density at radius 2 is 1.84 bits per heavy atom. The second kappa shape index (κ2) is 5.06. The van der Waals surface area contributed by atoms with E-state index in [1.54, 1.807) is 0 Å². The number of hydrogen-bond acceptors (Lipinski definition) is 1. The molecule has 1 saturated heterocycles. The van der Waals surface area contributed by atoms with Crippen molar-refractivity contribution in [3.63, 3.8) is 0 Å². The van der Waals surface area contributed by atoms with Crippen LogP contribution in [0.25, 0.3) is 0 Å². The predicted molar refractivity (Wildman–Crippen MR) is 82.3 cm³/mol. The van der Waals surface area contributed by atoms with Gasteiger partial charge in [-0.05, 0) is 54.3 Å². The molecule has 0 bridgehead atoms. The molecular formula is C18H34O. The van der Waals surface area contributed by atoms with Crippen molar-refractivity contribution in [3.8, 4) is 0 Å². The molecule has 2 aliphatic rings.